The van der Waals surface area contributed by atoms with Gasteiger partial charge < -0.3 is 9.73 Å². The van der Waals surface area contributed by atoms with Gasteiger partial charge in [0.25, 0.3) is 0 Å². The van der Waals surface area contributed by atoms with Gasteiger partial charge in [0.1, 0.15) is 5.76 Å². The minimum atomic E-state index is 0.588. The molecule has 15 heavy (non-hydrogen) atoms. The molecule has 0 aliphatic carbocycles. The van der Waals surface area contributed by atoms with Crippen LogP contribution in [0.1, 0.15) is 26.0 Å². The van der Waals surface area contributed by atoms with E-state index in [4.69, 9.17) is 4.42 Å². The van der Waals surface area contributed by atoms with Crippen LogP contribution in [-0.2, 0) is 6.54 Å². The minimum absolute atomic E-state index is 0.588. The Morgan fingerprint density at radius 2 is 2.27 bits per heavy atom. The van der Waals surface area contributed by atoms with Crippen molar-refractivity contribution >= 4 is 0 Å². The van der Waals surface area contributed by atoms with Crippen LogP contribution in [0.15, 0.2) is 22.8 Å². The third-order valence-corrected chi connectivity index (χ3v) is 2.77. The fourth-order valence-electron chi connectivity index (χ4n) is 1.87. The van der Waals surface area contributed by atoms with E-state index in [2.05, 4.69) is 24.1 Å². The van der Waals surface area contributed by atoms with E-state index in [1.165, 1.54) is 0 Å². The standard InChI is InChI=1S/C12H22N2O/c1-4-11(9-13-3)14(5-2)10-12-7-6-8-15-12/h6-8,11,13H,4-5,9-10H2,1-3H3. The summed E-state index contributed by atoms with van der Waals surface area (Å²) >= 11 is 0. The van der Waals surface area contributed by atoms with E-state index in [9.17, 15) is 0 Å². The molecule has 0 aliphatic heterocycles. The van der Waals surface area contributed by atoms with E-state index in [1.807, 2.05) is 19.2 Å². The average Bonchev–Trinajstić information content (AvgIpc) is 2.75. The third kappa shape index (κ3) is 3.68. The molecule has 1 atom stereocenters. The molecule has 1 heterocycles. The van der Waals surface area contributed by atoms with Crippen molar-refractivity contribution in [3.05, 3.63) is 24.2 Å². The van der Waals surface area contributed by atoms with E-state index in [-0.39, 0.29) is 0 Å². The first-order chi connectivity index (χ1) is 7.31. The van der Waals surface area contributed by atoms with E-state index in [0.29, 0.717) is 6.04 Å². The maximum absolute atomic E-state index is 5.38. The van der Waals surface area contributed by atoms with Crippen molar-refractivity contribution in [2.75, 3.05) is 20.1 Å². The molecule has 86 valence electrons. The van der Waals surface area contributed by atoms with Crippen molar-refractivity contribution in [1.29, 1.82) is 0 Å². The first-order valence-corrected chi connectivity index (χ1v) is 5.72. The fourth-order valence-corrected chi connectivity index (χ4v) is 1.87. The molecule has 1 aromatic heterocycles. The lowest BCUT2D eigenvalue weighted by Crippen LogP contribution is -2.40. The summed E-state index contributed by atoms with van der Waals surface area (Å²) in [6, 6.07) is 4.57. The average molecular weight is 210 g/mol. The van der Waals surface area contributed by atoms with Gasteiger partial charge in [-0.05, 0) is 32.1 Å². The summed E-state index contributed by atoms with van der Waals surface area (Å²) in [6.45, 7) is 7.42. The van der Waals surface area contributed by atoms with Crippen molar-refractivity contribution < 1.29 is 4.42 Å². The van der Waals surface area contributed by atoms with Crippen molar-refractivity contribution in [2.24, 2.45) is 0 Å². The molecule has 0 aliphatic rings. The van der Waals surface area contributed by atoms with Crippen LogP contribution in [0.4, 0.5) is 0 Å². The number of nitrogens with one attached hydrogen (secondary N) is 1. The van der Waals surface area contributed by atoms with Gasteiger partial charge in [-0.15, -0.1) is 0 Å². The Hall–Kier alpha value is -0.800. The van der Waals surface area contributed by atoms with Gasteiger partial charge in [-0.1, -0.05) is 13.8 Å². The van der Waals surface area contributed by atoms with Crippen molar-refractivity contribution in [3.63, 3.8) is 0 Å². The van der Waals surface area contributed by atoms with Gasteiger partial charge in [0, 0.05) is 12.6 Å². The number of hydrogen-bond donors (Lipinski definition) is 1. The SMILES string of the molecule is CCC(CNC)N(CC)Cc1ccco1. The number of likely N-dealkylation sites (N-methyl/N-ethyl adjacent to an activating group) is 2. The van der Waals surface area contributed by atoms with Crippen LogP contribution in [0.2, 0.25) is 0 Å². The molecule has 1 N–H and O–H groups in total. The number of furan rings is 1. The maximum Gasteiger partial charge on any atom is 0.117 e. The summed E-state index contributed by atoms with van der Waals surface area (Å²) < 4.78 is 5.38. The van der Waals surface area contributed by atoms with Crippen LogP contribution in [-0.4, -0.2) is 31.1 Å². The van der Waals surface area contributed by atoms with Crippen LogP contribution in [0.3, 0.4) is 0 Å². The molecule has 0 bridgehead atoms. The summed E-state index contributed by atoms with van der Waals surface area (Å²) in [5.74, 6) is 1.05. The highest BCUT2D eigenvalue weighted by molar-refractivity contribution is 4.98. The predicted molar refractivity (Wildman–Crippen MR) is 62.8 cm³/mol. The van der Waals surface area contributed by atoms with E-state index < -0.39 is 0 Å². The van der Waals surface area contributed by atoms with Gasteiger partial charge in [0.05, 0.1) is 12.8 Å². The van der Waals surface area contributed by atoms with Gasteiger partial charge >= 0.3 is 0 Å². The minimum Gasteiger partial charge on any atom is -0.468 e. The van der Waals surface area contributed by atoms with Gasteiger partial charge in [-0.2, -0.15) is 0 Å². The van der Waals surface area contributed by atoms with Gasteiger partial charge in [0.2, 0.25) is 0 Å². The Morgan fingerprint density at radius 1 is 1.47 bits per heavy atom. The lowest BCUT2D eigenvalue weighted by Gasteiger charge is -2.28. The van der Waals surface area contributed by atoms with Crippen LogP contribution < -0.4 is 5.32 Å². The zero-order valence-corrected chi connectivity index (χ0v) is 9.99. The van der Waals surface area contributed by atoms with E-state index >= 15 is 0 Å². The Labute approximate surface area is 92.5 Å². The second-order valence-corrected chi connectivity index (χ2v) is 3.76. The Balaban J connectivity index is 2.53. The van der Waals surface area contributed by atoms with Crippen LogP contribution in [0.5, 0.6) is 0 Å². The molecule has 0 aromatic carbocycles. The third-order valence-electron chi connectivity index (χ3n) is 2.77. The van der Waals surface area contributed by atoms with E-state index in [1.54, 1.807) is 6.26 Å². The molecule has 0 saturated carbocycles. The lowest BCUT2D eigenvalue weighted by molar-refractivity contribution is 0.176. The second-order valence-electron chi connectivity index (χ2n) is 3.76. The summed E-state index contributed by atoms with van der Waals surface area (Å²) in [5, 5.41) is 3.24. The summed E-state index contributed by atoms with van der Waals surface area (Å²) in [5.41, 5.74) is 0. The quantitative estimate of drug-likeness (QED) is 0.747. The fraction of sp³-hybridized carbons (Fsp3) is 0.667. The molecule has 0 radical (unpaired) electrons. The molecule has 0 spiro atoms. The monoisotopic (exact) mass is 210 g/mol. The summed E-state index contributed by atoms with van der Waals surface area (Å²) in [4.78, 5) is 2.44. The Kier molecular flexibility index (Phi) is 5.43. The zero-order valence-electron chi connectivity index (χ0n) is 9.99. The molecular formula is C12H22N2O. The first-order valence-electron chi connectivity index (χ1n) is 5.72. The Bertz CT molecular complexity index is 246. The van der Waals surface area contributed by atoms with Crippen LogP contribution in [0.25, 0.3) is 0 Å². The second kappa shape index (κ2) is 6.64. The lowest BCUT2D eigenvalue weighted by atomic mass is 10.2. The van der Waals surface area contributed by atoms with Crippen LogP contribution in [0, 0.1) is 0 Å². The number of hydrogen-bond acceptors (Lipinski definition) is 3. The highest BCUT2D eigenvalue weighted by atomic mass is 16.3. The molecular weight excluding hydrogens is 188 g/mol. The van der Waals surface area contributed by atoms with Gasteiger partial charge in [-0.25, -0.2) is 0 Å². The Morgan fingerprint density at radius 3 is 2.73 bits per heavy atom. The molecule has 1 aromatic rings. The topological polar surface area (TPSA) is 28.4 Å². The first kappa shape index (κ1) is 12.3. The normalized spacial score (nSPS) is 13.3. The molecule has 0 saturated heterocycles. The number of rotatable bonds is 7. The van der Waals surface area contributed by atoms with E-state index in [0.717, 1.165) is 31.8 Å². The predicted octanol–water partition coefficient (Wildman–Crippen LogP) is 2.10. The molecule has 3 heteroatoms. The zero-order chi connectivity index (χ0) is 11.1. The highest BCUT2D eigenvalue weighted by Crippen LogP contribution is 2.10. The highest BCUT2D eigenvalue weighted by Gasteiger charge is 2.15. The summed E-state index contributed by atoms with van der Waals surface area (Å²) in [6.07, 6.45) is 2.90. The van der Waals surface area contributed by atoms with Gasteiger partial charge in [-0.3, -0.25) is 4.90 Å². The van der Waals surface area contributed by atoms with Crippen LogP contribution >= 0.6 is 0 Å². The molecule has 0 amide bonds. The van der Waals surface area contributed by atoms with Gasteiger partial charge in [0.15, 0.2) is 0 Å². The van der Waals surface area contributed by atoms with Crippen molar-refractivity contribution in [1.82, 2.24) is 10.2 Å². The molecule has 1 rings (SSSR count). The molecule has 1 unspecified atom stereocenters. The maximum atomic E-state index is 5.38. The molecule has 3 nitrogen and oxygen atoms in total. The largest absolute Gasteiger partial charge is 0.468 e. The van der Waals surface area contributed by atoms with Crippen molar-refractivity contribution in [3.8, 4) is 0 Å². The molecule has 0 fully saturated rings. The summed E-state index contributed by atoms with van der Waals surface area (Å²) in [7, 11) is 2.00. The van der Waals surface area contributed by atoms with Crippen molar-refractivity contribution in [2.45, 2.75) is 32.9 Å². The smallest absolute Gasteiger partial charge is 0.117 e. The number of nitrogens with zero attached hydrogens (tertiary/aromatic N) is 1.